The van der Waals surface area contributed by atoms with Crippen LogP contribution >= 0.6 is 12.2 Å². The third kappa shape index (κ3) is 5.36. The van der Waals surface area contributed by atoms with Crippen molar-refractivity contribution in [3.63, 3.8) is 0 Å². The quantitative estimate of drug-likeness (QED) is 0.522. The molecule has 0 aromatic heterocycles. The van der Waals surface area contributed by atoms with Gasteiger partial charge in [0.05, 0.1) is 12.3 Å². The molecule has 4 nitrogen and oxygen atoms in total. The van der Waals surface area contributed by atoms with Crippen LogP contribution in [0.15, 0.2) is 0 Å². The van der Waals surface area contributed by atoms with E-state index in [-0.39, 0.29) is 12.3 Å². The molecule has 5 heteroatoms. The second kappa shape index (κ2) is 6.16. The fourth-order valence-electron chi connectivity index (χ4n) is 0.679. The average Bonchev–Trinajstić information content (AvgIpc) is 2.03. The number of hydrogen-bond acceptors (Lipinski definition) is 3. The molecular formula is C9H22N4S. The molecule has 0 amide bonds. The van der Waals surface area contributed by atoms with E-state index in [0.29, 0.717) is 5.11 Å². The Hall–Kier alpha value is -0.390. The van der Waals surface area contributed by atoms with Crippen LogP contribution in [0.2, 0.25) is 0 Å². The highest BCUT2D eigenvalue weighted by molar-refractivity contribution is 7.80. The maximum Gasteiger partial charge on any atom is 0.168 e. The molecule has 2 unspecified atom stereocenters. The van der Waals surface area contributed by atoms with Crippen LogP contribution in [0, 0.1) is 0 Å². The van der Waals surface area contributed by atoms with Crippen LogP contribution in [0.5, 0.6) is 0 Å². The molecule has 0 rings (SSSR count). The van der Waals surface area contributed by atoms with Gasteiger partial charge in [-0.15, -0.1) is 0 Å². The van der Waals surface area contributed by atoms with E-state index in [9.17, 15) is 0 Å². The molecule has 0 fully saturated rings. The average molecular weight is 218 g/mol. The van der Waals surface area contributed by atoms with Crippen molar-refractivity contribution in [3.05, 3.63) is 0 Å². The van der Waals surface area contributed by atoms with E-state index in [0.717, 1.165) is 0 Å². The maximum absolute atomic E-state index is 5.17. The SMILES string of the molecule is CC(NC(=S)NC(C)N(C)C)N(C)C. The van der Waals surface area contributed by atoms with Crippen molar-refractivity contribution >= 4 is 17.3 Å². The molecule has 0 radical (unpaired) electrons. The Bertz CT molecular complexity index is 164. The minimum Gasteiger partial charge on any atom is -0.347 e. The summed E-state index contributed by atoms with van der Waals surface area (Å²) in [7, 11) is 8.04. The molecule has 0 saturated heterocycles. The molecule has 0 bridgehead atoms. The fraction of sp³-hybridized carbons (Fsp3) is 0.889. The van der Waals surface area contributed by atoms with Crippen LogP contribution in [0.1, 0.15) is 13.8 Å². The van der Waals surface area contributed by atoms with Crippen molar-refractivity contribution in [2.75, 3.05) is 28.2 Å². The lowest BCUT2D eigenvalue weighted by atomic mass is 10.5. The van der Waals surface area contributed by atoms with Crippen LogP contribution in [0.3, 0.4) is 0 Å². The van der Waals surface area contributed by atoms with Gasteiger partial charge >= 0.3 is 0 Å². The highest BCUT2D eigenvalue weighted by Gasteiger charge is 2.09. The zero-order valence-corrected chi connectivity index (χ0v) is 10.8. The molecular weight excluding hydrogens is 196 g/mol. The zero-order chi connectivity index (χ0) is 11.3. The fourth-order valence-corrected chi connectivity index (χ4v) is 1.02. The maximum atomic E-state index is 5.17. The predicted octanol–water partition coefficient (Wildman–Crippen LogP) is 0.266. The summed E-state index contributed by atoms with van der Waals surface area (Å²) in [5.41, 5.74) is 0. The van der Waals surface area contributed by atoms with Crippen LogP contribution < -0.4 is 10.6 Å². The summed E-state index contributed by atoms with van der Waals surface area (Å²) in [6.07, 6.45) is 0.480. The zero-order valence-electron chi connectivity index (χ0n) is 9.96. The summed E-state index contributed by atoms with van der Waals surface area (Å²) >= 11 is 5.17. The van der Waals surface area contributed by atoms with Gasteiger partial charge < -0.3 is 10.6 Å². The van der Waals surface area contributed by atoms with Gasteiger partial charge in [-0.1, -0.05) is 0 Å². The Morgan fingerprint density at radius 2 is 1.21 bits per heavy atom. The highest BCUT2D eigenvalue weighted by Crippen LogP contribution is 1.89. The van der Waals surface area contributed by atoms with Crippen molar-refractivity contribution < 1.29 is 0 Å². The summed E-state index contributed by atoms with van der Waals surface area (Å²) in [6, 6.07) is 0. The smallest absolute Gasteiger partial charge is 0.168 e. The van der Waals surface area contributed by atoms with Crippen molar-refractivity contribution in [1.29, 1.82) is 0 Å². The summed E-state index contributed by atoms with van der Waals surface area (Å²) in [4.78, 5) is 4.13. The van der Waals surface area contributed by atoms with Gasteiger partial charge in [-0.05, 0) is 54.3 Å². The largest absolute Gasteiger partial charge is 0.347 e. The van der Waals surface area contributed by atoms with Crippen molar-refractivity contribution in [2.45, 2.75) is 26.2 Å². The Balaban J connectivity index is 3.87. The molecule has 0 saturated carbocycles. The molecule has 0 aliphatic rings. The summed E-state index contributed by atoms with van der Waals surface area (Å²) in [5.74, 6) is 0. The second-order valence-electron chi connectivity index (χ2n) is 3.90. The first-order chi connectivity index (χ1) is 6.34. The normalized spacial score (nSPS) is 15.4. The lowest BCUT2D eigenvalue weighted by Gasteiger charge is -2.27. The molecule has 2 atom stereocenters. The molecule has 14 heavy (non-hydrogen) atoms. The first-order valence-electron chi connectivity index (χ1n) is 4.74. The van der Waals surface area contributed by atoms with Gasteiger partial charge in [0, 0.05) is 0 Å². The number of hydrogen-bond donors (Lipinski definition) is 2. The monoisotopic (exact) mass is 218 g/mol. The van der Waals surface area contributed by atoms with Gasteiger partial charge in [-0.3, -0.25) is 9.80 Å². The molecule has 0 spiro atoms. The van der Waals surface area contributed by atoms with Crippen molar-refractivity contribution in [1.82, 2.24) is 20.4 Å². The minimum atomic E-state index is 0.240. The predicted molar refractivity (Wildman–Crippen MR) is 65.2 cm³/mol. The van der Waals surface area contributed by atoms with Crippen LogP contribution in [0.4, 0.5) is 0 Å². The van der Waals surface area contributed by atoms with Gasteiger partial charge in [0.2, 0.25) is 0 Å². The van der Waals surface area contributed by atoms with Crippen LogP contribution in [0.25, 0.3) is 0 Å². The molecule has 0 heterocycles. The highest BCUT2D eigenvalue weighted by atomic mass is 32.1. The van der Waals surface area contributed by atoms with E-state index in [1.807, 2.05) is 28.2 Å². The molecule has 0 aliphatic heterocycles. The minimum absolute atomic E-state index is 0.240. The number of thiocarbonyl (C=S) groups is 1. The first-order valence-corrected chi connectivity index (χ1v) is 5.15. The van der Waals surface area contributed by atoms with Crippen LogP contribution in [-0.4, -0.2) is 55.4 Å². The summed E-state index contributed by atoms with van der Waals surface area (Å²) in [6.45, 7) is 4.13. The van der Waals surface area contributed by atoms with Gasteiger partial charge in [-0.25, -0.2) is 0 Å². The second-order valence-corrected chi connectivity index (χ2v) is 4.31. The Morgan fingerprint density at radius 1 is 0.929 bits per heavy atom. The Morgan fingerprint density at radius 3 is 1.43 bits per heavy atom. The topological polar surface area (TPSA) is 30.5 Å². The summed E-state index contributed by atoms with van der Waals surface area (Å²) in [5, 5.41) is 7.06. The molecule has 0 aromatic rings. The van der Waals surface area contributed by atoms with Crippen molar-refractivity contribution in [3.8, 4) is 0 Å². The van der Waals surface area contributed by atoms with E-state index in [1.54, 1.807) is 0 Å². The van der Waals surface area contributed by atoms with E-state index in [2.05, 4.69) is 34.3 Å². The van der Waals surface area contributed by atoms with E-state index >= 15 is 0 Å². The third-order valence-corrected chi connectivity index (χ3v) is 2.46. The van der Waals surface area contributed by atoms with Gasteiger partial charge in [0.15, 0.2) is 5.11 Å². The number of nitrogens with one attached hydrogen (secondary N) is 2. The Kier molecular flexibility index (Phi) is 5.99. The molecule has 0 aromatic carbocycles. The first kappa shape index (κ1) is 13.6. The molecule has 84 valence electrons. The van der Waals surface area contributed by atoms with Gasteiger partial charge in [0.25, 0.3) is 0 Å². The van der Waals surface area contributed by atoms with E-state index < -0.39 is 0 Å². The Labute approximate surface area is 92.6 Å². The van der Waals surface area contributed by atoms with E-state index in [1.165, 1.54) is 0 Å². The number of rotatable bonds is 4. The van der Waals surface area contributed by atoms with E-state index in [4.69, 9.17) is 12.2 Å². The van der Waals surface area contributed by atoms with Crippen LogP contribution in [-0.2, 0) is 0 Å². The third-order valence-electron chi connectivity index (χ3n) is 2.23. The lowest BCUT2D eigenvalue weighted by Crippen LogP contribution is -2.51. The lowest BCUT2D eigenvalue weighted by molar-refractivity contribution is 0.277. The van der Waals surface area contributed by atoms with Gasteiger partial charge in [0.1, 0.15) is 0 Å². The molecule has 2 N–H and O–H groups in total. The standard InChI is InChI=1S/C9H22N4S/c1-7(12(3)4)10-9(14)11-8(2)13(5)6/h7-8H,1-6H3,(H2,10,11,14). The van der Waals surface area contributed by atoms with Gasteiger partial charge in [-0.2, -0.15) is 0 Å². The number of nitrogens with zero attached hydrogens (tertiary/aromatic N) is 2. The van der Waals surface area contributed by atoms with Crippen molar-refractivity contribution in [2.24, 2.45) is 0 Å². The molecule has 0 aliphatic carbocycles. The summed E-state index contributed by atoms with van der Waals surface area (Å²) < 4.78 is 0.